The Bertz CT molecular complexity index is 529. The topological polar surface area (TPSA) is 119 Å². The fourth-order valence-electron chi connectivity index (χ4n) is 1.71. The molecule has 1 unspecified atom stereocenters. The van der Waals surface area contributed by atoms with Gasteiger partial charge in [0, 0.05) is 12.1 Å². The molecule has 120 valence electrons. The lowest BCUT2D eigenvalue weighted by atomic mass is 10.1. The number of ether oxygens (including phenoxy) is 1. The molecule has 0 aliphatic rings. The van der Waals surface area contributed by atoms with E-state index >= 15 is 0 Å². The standard InChI is InChI=1S/C14H18N2O6/c1-2-3-4-12(13(17)18)15-14(19)22-9-10-5-7-11(8-6-10)16(20)21/h5-8,12H,2-4,9H2,1H3,(H,15,19)(H,17,18). The van der Waals surface area contributed by atoms with E-state index in [1.165, 1.54) is 24.3 Å². The van der Waals surface area contributed by atoms with Crippen LogP contribution in [0.5, 0.6) is 0 Å². The van der Waals surface area contributed by atoms with Crippen molar-refractivity contribution in [1.29, 1.82) is 0 Å². The molecule has 1 amide bonds. The van der Waals surface area contributed by atoms with E-state index in [2.05, 4.69) is 5.32 Å². The Morgan fingerprint density at radius 1 is 1.36 bits per heavy atom. The maximum Gasteiger partial charge on any atom is 0.408 e. The van der Waals surface area contributed by atoms with Gasteiger partial charge >= 0.3 is 12.1 Å². The molecule has 0 heterocycles. The highest BCUT2D eigenvalue weighted by Crippen LogP contribution is 2.12. The minimum Gasteiger partial charge on any atom is -0.480 e. The second-order valence-corrected chi connectivity index (χ2v) is 4.68. The lowest BCUT2D eigenvalue weighted by Gasteiger charge is -2.14. The predicted octanol–water partition coefficient (Wildman–Crippen LogP) is 2.46. The first-order chi connectivity index (χ1) is 10.4. The number of nitro benzene ring substituents is 1. The lowest BCUT2D eigenvalue weighted by molar-refractivity contribution is -0.384. The fraction of sp³-hybridized carbons (Fsp3) is 0.429. The molecule has 2 N–H and O–H groups in total. The van der Waals surface area contributed by atoms with Crippen LogP contribution in [0.3, 0.4) is 0 Å². The van der Waals surface area contributed by atoms with E-state index in [1.54, 1.807) is 0 Å². The molecule has 0 aliphatic carbocycles. The highest BCUT2D eigenvalue weighted by Gasteiger charge is 2.19. The molecule has 0 aliphatic heterocycles. The van der Waals surface area contributed by atoms with Gasteiger partial charge in [-0.05, 0) is 24.1 Å². The molecular weight excluding hydrogens is 292 g/mol. The van der Waals surface area contributed by atoms with E-state index in [0.717, 1.165) is 6.42 Å². The van der Waals surface area contributed by atoms with Crippen LogP contribution in [0.25, 0.3) is 0 Å². The van der Waals surface area contributed by atoms with Crippen molar-refractivity contribution in [3.63, 3.8) is 0 Å². The van der Waals surface area contributed by atoms with Crippen molar-refractivity contribution in [2.24, 2.45) is 0 Å². The van der Waals surface area contributed by atoms with Gasteiger partial charge in [0.25, 0.3) is 5.69 Å². The molecular formula is C14H18N2O6. The Balaban J connectivity index is 2.47. The Labute approximate surface area is 127 Å². The molecule has 0 saturated heterocycles. The zero-order valence-electron chi connectivity index (χ0n) is 12.2. The third-order valence-electron chi connectivity index (χ3n) is 2.95. The van der Waals surface area contributed by atoms with E-state index in [0.29, 0.717) is 18.4 Å². The molecule has 0 bridgehead atoms. The van der Waals surface area contributed by atoms with Crippen molar-refractivity contribution in [1.82, 2.24) is 5.32 Å². The van der Waals surface area contributed by atoms with Crippen molar-refractivity contribution in [3.8, 4) is 0 Å². The number of hydrogen-bond acceptors (Lipinski definition) is 5. The minimum absolute atomic E-state index is 0.0568. The summed E-state index contributed by atoms with van der Waals surface area (Å²) in [4.78, 5) is 32.5. The molecule has 22 heavy (non-hydrogen) atoms. The molecule has 8 heteroatoms. The summed E-state index contributed by atoms with van der Waals surface area (Å²) in [5.41, 5.74) is 0.514. The van der Waals surface area contributed by atoms with Gasteiger partial charge in [-0.3, -0.25) is 10.1 Å². The Kier molecular flexibility index (Phi) is 6.81. The van der Waals surface area contributed by atoms with Crippen LogP contribution in [0.15, 0.2) is 24.3 Å². The van der Waals surface area contributed by atoms with Crippen LogP contribution in [-0.4, -0.2) is 28.1 Å². The van der Waals surface area contributed by atoms with E-state index in [4.69, 9.17) is 9.84 Å². The largest absolute Gasteiger partial charge is 0.480 e. The number of benzene rings is 1. The SMILES string of the molecule is CCCCC(NC(=O)OCc1ccc([N+](=O)[O-])cc1)C(=O)O. The van der Waals surface area contributed by atoms with Crippen LogP contribution in [0, 0.1) is 10.1 Å². The van der Waals surface area contributed by atoms with Crippen molar-refractivity contribution >= 4 is 17.7 Å². The number of nitrogens with zero attached hydrogens (tertiary/aromatic N) is 1. The predicted molar refractivity (Wildman–Crippen MR) is 77.4 cm³/mol. The lowest BCUT2D eigenvalue weighted by Crippen LogP contribution is -2.40. The van der Waals surface area contributed by atoms with Gasteiger partial charge < -0.3 is 15.2 Å². The summed E-state index contributed by atoms with van der Waals surface area (Å²) in [7, 11) is 0. The monoisotopic (exact) mass is 310 g/mol. The Morgan fingerprint density at radius 2 is 2.00 bits per heavy atom. The molecule has 1 aromatic carbocycles. The summed E-state index contributed by atoms with van der Waals surface area (Å²) in [6.07, 6.45) is 1.00. The number of rotatable bonds is 8. The van der Waals surface area contributed by atoms with E-state index < -0.39 is 23.0 Å². The van der Waals surface area contributed by atoms with Gasteiger partial charge in [0.15, 0.2) is 0 Å². The third kappa shape index (κ3) is 5.78. The number of unbranched alkanes of at least 4 members (excludes halogenated alkanes) is 1. The highest BCUT2D eigenvalue weighted by molar-refractivity contribution is 5.79. The number of carboxylic acids is 1. The van der Waals surface area contributed by atoms with E-state index in [9.17, 15) is 19.7 Å². The normalized spacial score (nSPS) is 11.5. The van der Waals surface area contributed by atoms with Crippen LogP contribution in [0.2, 0.25) is 0 Å². The van der Waals surface area contributed by atoms with Crippen LogP contribution < -0.4 is 5.32 Å². The summed E-state index contributed by atoms with van der Waals surface area (Å²) in [5.74, 6) is -1.11. The number of non-ortho nitro benzene ring substituents is 1. The zero-order chi connectivity index (χ0) is 16.5. The van der Waals surface area contributed by atoms with Crippen LogP contribution in [0.4, 0.5) is 10.5 Å². The number of hydrogen-bond donors (Lipinski definition) is 2. The molecule has 1 atom stereocenters. The van der Waals surface area contributed by atoms with Crippen molar-refractivity contribution in [2.45, 2.75) is 38.8 Å². The Morgan fingerprint density at radius 3 is 2.50 bits per heavy atom. The van der Waals surface area contributed by atoms with Crippen LogP contribution in [0.1, 0.15) is 31.7 Å². The molecule has 1 aromatic rings. The number of alkyl carbamates (subject to hydrolysis) is 1. The van der Waals surface area contributed by atoms with Gasteiger partial charge in [-0.15, -0.1) is 0 Å². The van der Waals surface area contributed by atoms with Gasteiger partial charge in [-0.2, -0.15) is 0 Å². The quantitative estimate of drug-likeness (QED) is 0.562. The molecule has 0 saturated carbocycles. The number of amides is 1. The first-order valence-electron chi connectivity index (χ1n) is 6.83. The second-order valence-electron chi connectivity index (χ2n) is 4.68. The van der Waals surface area contributed by atoms with Gasteiger partial charge in [0.2, 0.25) is 0 Å². The minimum atomic E-state index is -1.11. The number of aliphatic carboxylic acids is 1. The number of carbonyl (C=O) groups excluding carboxylic acids is 1. The molecule has 0 spiro atoms. The summed E-state index contributed by atoms with van der Waals surface area (Å²) < 4.78 is 4.91. The number of carboxylic acid groups (broad SMARTS) is 1. The maximum absolute atomic E-state index is 11.6. The van der Waals surface area contributed by atoms with Crippen molar-refractivity contribution in [2.75, 3.05) is 0 Å². The zero-order valence-corrected chi connectivity index (χ0v) is 12.2. The van der Waals surface area contributed by atoms with Gasteiger partial charge in [0.05, 0.1) is 4.92 Å². The average Bonchev–Trinajstić information content (AvgIpc) is 2.49. The number of nitro groups is 1. The van der Waals surface area contributed by atoms with Gasteiger partial charge in [-0.25, -0.2) is 9.59 Å². The summed E-state index contributed by atoms with van der Waals surface area (Å²) in [5, 5.41) is 21.8. The smallest absolute Gasteiger partial charge is 0.408 e. The third-order valence-corrected chi connectivity index (χ3v) is 2.95. The van der Waals surface area contributed by atoms with E-state index in [-0.39, 0.29) is 12.3 Å². The molecule has 0 radical (unpaired) electrons. The van der Waals surface area contributed by atoms with Crippen LogP contribution in [-0.2, 0) is 16.1 Å². The first-order valence-corrected chi connectivity index (χ1v) is 6.83. The Hall–Kier alpha value is -2.64. The van der Waals surface area contributed by atoms with Gasteiger partial charge in [-0.1, -0.05) is 19.8 Å². The summed E-state index contributed by atoms with van der Waals surface area (Å²) in [6.45, 7) is 1.83. The molecule has 1 rings (SSSR count). The van der Waals surface area contributed by atoms with Crippen molar-refractivity contribution in [3.05, 3.63) is 39.9 Å². The molecule has 0 fully saturated rings. The van der Waals surface area contributed by atoms with Crippen molar-refractivity contribution < 1.29 is 24.4 Å². The van der Waals surface area contributed by atoms with Crippen LogP contribution >= 0.6 is 0 Å². The summed E-state index contributed by atoms with van der Waals surface area (Å²) in [6, 6.07) is 4.56. The second kappa shape index (κ2) is 8.60. The maximum atomic E-state index is 11.6. The van der Waals surface area contributed by atoms with E-state index in [1.807, 2.05) is 6.92 Å². The molecule has 8 nitrogen and oxygen atoms in total. The fourth-order valence-corrected chi connectivity index (χ4v) is 1.71. The summed E-state index contributed by atoms with van der Waals surface area (Å²) >= 11 is 0. The number of carbonyl (C=O) groups is 2. The number of nitrogens with one attached hydrogen (secondary N) is 1. The average molecular weight is 310 g/mol. The van der Waals surface area contributed by atoms with Gasteiger partial charge in [0.1, 0.15) is 12.6 Å². The highest BCUT2D eigenvalue weighted by atomic mass is 16.6. The molecule has 0 aromatic heterocycles. The first kappa shape index (κ1) is 17.4.